The Bertz CT molecular complexity index is 2900. The van der Waals surface area contributed by atoms with Gasteiger partial charge in [0.1, 0.15) is 0 Å². The lowest BCUT2D eigenvalue weighted by atomic mass is 9.81. The van der Waals surface area contributed by atoms with Crippen molar-refractivity contribution in [2.45, 2.75) is 19.3 Å². The zero-order valence-electron chi connectivity index (χ0n) is 26.3. The van der Waals surface area contributed by atoms with Gasteiger partial charge in [0.15, 0.2) is 0 Å². The van der Waals surface area contributed by atoms with Crippen LogP contribution in [0.3, 0.4) is 0 Å². The standard InChI is InChI=1S/C43H27N3S2/c1-43(2)31-16-8-5-13-27(31)28-21-19-25(23-32(28)43)37-36-26-12-4-3-11-24(26)20-22-33(36)44-42(45-37)46-38-29-14-6-9-17-34(29)47-40(38)41-39(46)30-15-7-10-18-35(30)48-41/h3-23H,1-2H3. The van der Waals surface area contributed by atoms with Crippen molar-refractivity contribution in [1.29, 1.82) is 0 Å². The molecule has 48 heavy (non-hydrogen) atoms. The third kappa shape index (κ3) is 3.42. The number of fused-ring (bicyclic) bond motifs is 13. The highest BCUT2D eigenvalue weighted by Gasteiger charge is 2.35. The number of rotatable bonds is 2. The van der Waals surface area contributed by atoms with Crippen molar-refractivity contribution in [3.8, 4) is 28.3 Å². The van der Waals surface area contributed by atoms with Gasteiger partial charge in [0.2, 0.25) is 5.95 Å². The number of hydrogen-bond donors (Lipinski definition) is 0. The van der Waals surface area contributed by atoms with Crippen LogP contribution >= 0.6 is 22.7 Å². The van der Waals surface area contributed by atoms with E-state index in [1.165, 1.54) is 73.6 Å². The highest BCUT2D eigenvalue weighted by molar-refractivity contribution is 7.33. The lowest BCUT2D eigenvalue weighted by molar-refractivity contribution is 0.660. The van der Waals surface area contributed by atoms with Crippen molar-refractivity contribution in [3.63, 3.8) is 0 Å². The van der Waals surface area contributed by atoms with Gasteiger partial charge in [-0.25, -0.2) is 9.97 Å². The Morgan fingerprint density at radius 2 is 1.19 bits per heavy atom. The molecular weight excluding hydrogens is 623 g/mol. The van der Waals surface area contributed by atoms with Crippen molar-refractivity contribution >= 4 is 85.0 Å². The molecule has 0 atom stereocenters. The minimum Gasteiger partial charge on any atom is -0.275 e. The van der Waals surface area contributed by atoms with E-state index in [0.29, 0.717) is 5.95 Å². The van der Waals surface area contributed by atoms with Crippen molar-refractivity contribution in [2.24, 2.45) is 0 Å². The van der Waals surface area contributed by atoms with Gasteiger partial charge in [-0.05, 0) is 57.3 Å². The van der Waals surface area contributed by atoms with Gasteiger partial charge in [0.05, 0.1) is 31.6 Å². The Balaban J connectivity index is 1.28. The molecule has 1 aliphatic rings. The molecule has 0 bridgehead atoms. The van der Waals surface area contributed by atoms with Gasteiger partial charge in [-0.1, -0.05) is 117 Å². The van der Waals surface area contributed by atoms with E-state index in [0.717, 1.165) is 22.2 Å². The summed E-state index contributed by atoms with van der Waals surface area (Å²) in [5.74, 6) is 0.711. The van der Waals surface area contributed by atoms with Crippen molar-refractivity contribution in [3.05, 3.63) is 139 Å². The SMILES string of the molecule is CC1(C)c2ccccc2-c2ccc(-c3nc(-n4c5c6ccccc6sc5c5sc6ccccc6c54)nc4ccc5ccccc5c34)cc21. The molecule has 0 aliphatic heterocycles. The Morgan fingerprint density at radius 1 is 0.562 bits per heavy atom. The molecule has 4 heterocycles. The van der Waals surface area contributed by atoms with Crippen molar-refractivity contribution in [1.82, 2.24) is 14.5 Å². The topological polar surface area (TPSA) is 30.7 Å². The van der Waals surface area contributed by atoms with Crippen molar-refractivity contribution in [2.75, 3.05) is 0 Å². The summed E-state index contributed by atoms with van der Waals surface area (Å²) in [6.07, 6.45) is 0. The molecule has 11 rings (SSSR count). The van der Waals surface area contributed by atoms with Crippen LogP contribution in [0.25, 0.3) is 90.6 Å². The van der Waals surface area contributed by atoms with Crippen LogP contribution in [-0.2, 0) is 5.41 Å². The van der Waals surface area contributed by atoms with E-state index in [-0.39, 0.29) is 5.41 Å². The zero-order chi connectivity index (χ0) is 31.7. The Hall–Kier alpha value is -5.36. The van der Waals surface area contributed by atoms with Gasteiger partial charge in [-0.15, -0.1) is 22.7 Å². The minimum absolute atomic E-state index is 0.111. The second kappa shape index (κ2) is 9.38. The third-order valence-electron chi connectivity index (χ3n) is 10.4. The molecule has 0 spiro atoms. The second-order valence-corrected chi connectivity index (χ2v) is 15.5. The smallest absolute Gasteiger partial charge is 0.235 e. The predicted octanol–water partition coefficient (Wildman–Crippen LogP) is 12.3. The maximum atomic E-state index is 5.62. The summed E-state index contributed by atoms with van der Waals surface area (Å²) in [4.78, 5) is 11.0. The summed E-state index contributed by atoms with van der Waals surface area (Å²) >= 11 is 3.74. The van der Waals surface area contributed by atoms with Crippen LogP contribution in [-0.4, -0.2) is 14.5 Å². The molecule has 6 aromatic carbocycles. The molecule has 226 valence electrons. The molecule has 0 saturated carbocycles. The highest BCUT2D eigenvalue weighted by Crippen LogP contribution is 2.51. The summed E-state index contributed by atoms with van der Waals surface area (Å²) < 4.78 is 7.51. The first-order valence-electron chi connectivity index (χ1n) is 16.3. The minimum atomic E-state index is -0.111. The van der Waals surface area contributed by atoms with Crippen LogP contribution in [0.2, 0.25) is 0 Å². The first kappa shape index (κ1) is 26.7. The number of nitrogens with zero attached hydrogens (tertiary/aromatic N) is 3. The second-order valence-electron chi connectivity index (χ2n) is 13.4. The monoisotopic (exact) mass is 649 g/mol. The van der Waals surface area contributed by atoms with Crippen molar-refractivity contribution < 1.29 is 0 Å². The first-order valence-corrected chi connectivity index (χ1v) is 18.0. The summed E-state index contributed by atoms with van der Waals surface area (Å²) in [5.41, 5.74) is 10.7. The normalized spacial score (nSPS) is 13.8. The van der Waals surface area contributed by atoms with E-state index < -0.39 is 0 Å². The average molecular weight is 650 g/mol. The molecule has 0 radical (unpaired) electrons. The third-order valence-corrected chi connectivity index (χ3v) is 12.9. The summed E-state index contributed by atoms with van der Waals surface area (Å²) in [6, 6.07) is 46.3. The Kier molecular flexibility index (Phi) is 5.21. The first-order chi connectivity index (χ1) is 23.6. The van der Waals surface area contributed by atoms with Gasteiger partial charge in [0, 0.05) is 36.5 Å². The molecule has 0 saturated heterocycles. The molecule has 0 N–H and O–H groups in total. The van der Waals surface area contributed by atoms with Gasteiger partial charge in [-0.2, -0.15) is 0 Å². The van der Waals surface area contributed by atoms with E-state index in [9.17, 15) is 0 Å². The van der Waals surface area contributed by atoms with Crippen LogP contribution in [0.1, 0.15) is 25.0 Å². The van der Waals surface area contributed by atoms with Gasteiger partial charge in [0.25, 0.3) is 0 Å². The number of thiophene rings is 2. The van der Waals surface area contributed by atoms with Gasteiger partial charge in [-0.3, -0.25) is 4.57 Å². The van der Waals surface area contributed by atoms with Crippen LogP contribution < -0.4 is 0 Å². The molecular formula is C43H27N3S2. The van der Waals surface area contributed by atoms with E-state index in [4.69, 9.17) is 9.97 Å². The molecule has 4 aromatic heterocycles. The Labute approximate surface area is 284 Å². The maximum absolute atomic E-state index is 5.62. The summed E-state index contributed by atoms with van der Waals surface area (Å²) in [5, 5.41) is 5.94. The number of benzene rings is 6. The summed E-state index contributed by atoms with van der Waals surface area (Å²) in [7, 11) is 0. The average Bonchev–Trinajstić information content (AvgIpc) is 3.84. The molecule has 3 nitrogen and oxygen atoms in total. The van der Waals surface area contributed by atoms with Crippen LogP contribution in [0.15, 0.2) is 127 Å². The van der Waals surface area contributed by atoms with Gasteiger partial charge < -0.3 is 0 Å². The largest absolute Gasteiger partial charge is 0.275 e. The van der Waals surface area contributed by atoms with Crippen LogP contribution in [0, 0.1) is 0 Å². The molecule has 0 fully saturated rings. The number of aromatic nitrogens is 3. The molecule has 5 heteroatoms. The predicted molar refractivity (Wildman–Crippen MR) is 205 cm³/mol. The van der Waals surface area contributed by atoms with Gasteiger partial charge >= 0.3 is 0 Å². The summed E-state index contributed by atoms with van der Waals surface area (Å²) in [6.45, 7) is 4.69. The fourth-order valence-corrected chi connectivity index (χ4v) is 10.7. The Morgan fingerprint density at radius 3 is 1.94 bits per heavy atom. The molecule has 0 unspecified atom stereocenters. The van der Waals surface area contributed by atoms with Crippen LogP contribution in [0.4, 0.5) is 0 Å². The quantitative estimate of drug-likeness (QED) is 0.175. The molecule has 1 aliphatic carbocycles. The fourth-order valence-electron chi connectivity index (χ4n) is 8.18. The lowest BCUT2D eigenvalue weighted by Gasteiger charge is -2.22. The number of hydrogen-bond acceptors (Lipinski definition) is 4. The fraction of sp³-hybridized carbons (Fsp3) is 0.0698. The van der Waals surface area contributed by atoms with E-state index in [1.807, 2.05) is 22.7 Å². The lowest BCUT2D eigenvalue weighted by Crippen LogP contribution is -2.15. The van der Waals surface area contributed by atoms with E-state index >= 15 is 0 Å². The van der Waals surface area contributed by atoms with E-state index in [2.05, 4.69) is 146 Å². The van der Waals surface area contributed by atoms with E-state index in [1.54, 1.807) is 0 Å². The van der Waals surface area contributed by atoms with Crippen LogP contribution in [0.5, 0.6) is 0 Å². The molecule has 10 aromatic rings. The zero-order valence-corrected chi connectivity index (χ0v) is 27.9. The highest BCUT2D eigenvalue weighted by atomic mass is 32.1. The maximum Gasteiger partial charge on any atom is 0.235 e. The molecule has 0 amide bonds.